The van der Waals surface area contributed by atoms with Gasteiger partial charge in [0.1, 0.15) is 11.7 Å². The highest BCUT2D eigenvalue weighted by molar-refractivity contribution is 6.01. The van der Waals surface area contributed by atoms with Crippen molar-refractivity contribution in [2.24, 2.45) is 29.7 Å². The van der Waals surface area contributed by atoms with Crippen LogP contribution in [-0.2, 0) is 11.8 Å². The van der Waals surface area contributed by atoms with Crippen LogP contribution in [0.3, 0.4) is 0 Å². The molecule has 2 amide bonds. The van der Waals surface area contributed by atoms with Crippen LogP contribution in [0.25, 0.3) is 10.9 Å². The van der Waals surface area contributed by atoms with Crippen LogP contribution in [-0.4, -0.2) is 39.9 Å². The van der Waals surface area contributed by atoms with E-state index in [0.29, 0.717) is 22.9 Å². The predicted octanol–water partition coefficient (Wildman–Crippen LogP) is 3.83. The van der Waals surface area contributed by atoms with E-state index < -0.39 is 6.04 Å². The number of hydrogen-bond acceptors (Lipinski definition) is 2. The van der Waals surface area contributed by atoms with Crippen molar-refractivity contribution in [3.63, 3.8) is 0 Å². The summed E-state index contributed by atoms with van der Waals surface area (Å²) in [5.41, 5.74) is 1.54. The third-order valence-corrected chi connectivity index (χ3v) is 7.40. The van der Waals surface area contributed by atoms with Gasteiger partial charge in [-0.1, -0.05) is 52.8 Å². The highest BCUT2D eigenvalue weighted by Gasteiger charge is 2.66. The highest BCUT2D eigenvalue weighted by atomic mass is 16.2. The molecule has 29 heavy (non-hydrogen) atoms. The van der Waals surface area contributed by atoms with E-state index in [1.807, 2.05) is 67.6 Å². The largest absolute Gasteiger partial charge is 0.340 e. The molecule has 1 aromatic carbocycles. The van der Waals surface area contributed by atoms with E-state index in [4.69, 9.17) is 0 Å². The third-order valence-electron chi connectivity index (χ3n) is 7.40. The molecule has 1 aromatic heterocycles. The molecule has 0 unspecified atom stereocenters. The molecule has 2 fully saturated rings. The molecule has 0 bridgehead atoms. The summed E-state index contributed by atoms with van der Waals surface area (Å²) in [6.45, 7) is 13.6. The maximum Gasteiger partial charge on any atom is 0.268 e. The van der Waals surface area contributed by atoms with E-state index in [1.54, 1.807) is 0 Å². The molecule has 0 spiro atoms. The van der Waals surface area contributed by atoms with Gasteiger partial charge in [-0.15, -0.1) is 0 Å². The van der Waals surface area contributed by atoms with Crippen LogP contribution in [0.2, 0.25) is 0 Å². The molecule has 156 valence electrons. The van der Waals surface area contributed by atoms with Gasteiger partial charge in [0.25, 0.3) is 5.91 Å². The topological polar surface area (TPSA) is 54.3 Å². The zero-order valence-corrected chi connectivity index (χ0v) is 18.6. The van der Waals surface area contributed by atoms with Gasteiger partial charge in [-0.25, -0.2) is 0 Å². The molecule has 2 aromatic rings. The summed E-state index contributed by atoms with van der Waals surface area (Å²) in [5.74, 6) is 0.992. The molecule has 1 saturated heterocycles. The minimum Gasteiger partial charge on any atom is -0.340 e. The summed E-state index contributed by atoms with van der Waals surface area (Å²) in [6, 6.07) is 9.49. The number of carbonyl (C=O) groups excluding carboxylic acids is 2. The van der Waals surface area contributed by atoms with Gasteiger partial charge in [-0.05, 0) is 41.7 Å². The number of rotatable bonds is 3. The smallest absolute Gasteiger partial charge is 0.268 e. The van der Waals surface area contributed by atoms with Gasteiger partial charge in [0.15, 0.2) is 0 Å². The lowest BCUT2D eigenvalue weighted by Crippen LogP contribution is -2.56. The highest BCUT2D eigenvalue weighted by Crippen LogP contribution is 2.64. The molecule has 1 saturated carbocycles. The summed E-state index contributed by atoms with van der Waals surface area (Å²) >= 11 is 0. The zero-order valence-electron chi connectivity index (χ0n) is 18.6. The van der Waals surface area contributed by atoms with E-state index in [0.717, 1.165) is 17.4 Å². The lowest BCUT2D eigenvalue weighted by molar-refractivity contribution is -0.137. The minimum atomic E-state index is -0.559. The molecule has 1 N–H and O–H groups in total. The van der Waals surface area contributed by atoms with Crippen molar-refractivity contribution in [1.82, 2.24) is 14.8 Å². The second-order valence-electron chi connectivity index (χ2n) is 10.6. The summed E-state index contributed by atoms with van der Waals surface area (Å²) < 4.78 is 1.89. The first-order chi connectivity index (χ1) is 13.4. The van der Waals surface area contributed by atoms with Gasteiger partial charge >= 0.3 is 0 Å². The van der Waals surface area contributed by atoms with Gasteiger partial charge in [0.2, 0.25) is 5.91 Å². The fraction of sp³-hybridized carbons (Fsp3) is 0.583. The molecular formula is C24H33N3O2. The number of amides is 2. The molecule has 1 aliphatic carbocycles. The fourth-order valence-corrected chi connectivity index (χ4v) is 5.48. The predicted molar refractivity (Wildman–Crippen MR) is 116 cm³/mol. The lowest BCUT2D eigenvalue weighted by Gasteiger charge is -2.37. The Bertz CT molecular complexity index is 982. The Hall–Kier alpha value is -2.30. The molecule has 4 atom stereocenters. The number of fused-ring (bicyclic) bond motifs is 2. The number of nitrogens with one attached hydrogen (secondary N) is 1. The van der Waals surface area contributed by atoms with Crippen LogP contribution in [0.4, 0.5) is 0 Å². The van der Waals surface area contributed by atoms with E-state index in [9.17, 15) is 9.59 Å². The molecule has 1 aliphatic heterocycles. The van der Waals surface area contributed by atoms with Crippen molar-refractivity contribution in [3.8, 4) is 0 Å². The summed E-state index contributed by atoms with van der Waals surface area (Å²) in [5, 5.41) is 4.09. The summed E-state index contributed by atoms with van der Waals surface area (Å²) in [7, 11) is 1.89. The number of hydrogen-bond donors (Lipinski definition) is 1. The molecule has 0 radical (unpaired) electrons. The molecule has 2 heterocycles. The van der Waals surface area contributed by atoms with Gasteiger partial charge in [0, 0.05) is 30.5 Å². The summed E-state index contributed by atoms with van der Waals surface area (Å²) in [4.78, 5) is 28.7. The third kappa shape index (κ3) is 3.06. The lowest BCUT2D eigenvalue weighted by atomic mass is 9.85. The maximum absolute atomic E-state index is 13.5. The van der Waals surface area contributed by atoms with Crippen LogP contribution < -0.4 is 5.32 Å². The van der Waals surface area contributed by atoms with E-state index >= 15 is 0 Å². The second-order valence-corrected chi connectivity index (χ2v) is 10.6. The molecule has 5 nitrogen and oxygen atoms in total. The van der Waals surface area contributed by atoms with Crippen molar-refractivity contribution < 1.29 is 9.59 Å². The number of para-hydroxylation sites is 1. The van der Waals surface area contributed by atoms with Gasteiger partial charge < -0.3 is 14.8 Å². The Morgan fingerprint density at radius 2 is 1.86 bits per heavy atom. The van der Waals surface area contributed by atoms with Gasteiger partial charge in [0.05, 0.1) is 0 Å². The van der Waals surface area contributed by atoms with Crippen molar-refractivity contribution in [2.75, 3.05) is 6.54 Å². The normalized spacial score (nSPS) is 26.3. The molecule has 2 aliphatic rings. The van der Waals surface area contributed by atoms with E-state index in [1.165, 1.54) is 0 Å². The number of nitrogens with zero attached hydrogens (tertiary/aromatic N) is 2. The van der Waals surface area contributed by atoms with Crippen LogP contribution in [0.1, 0.15) is 52.0 Å². The van der Waals surface area contributed by atoms with Crippen LogP contribution >= 0.6 is 0 Å². The van der Waals surface area contributed by atoms with E-state index in [-0.39, 0.29) is 23.3 Å². The van der Waals surface area contributed by atoms with Crippen LogP contribution in [0.5, 0.6) is 0 Å². The van der Waals surface area contributed by atoms with Gasteiger partial charge in [-0.3, -0.25) is 9.59 Å². The maximum atomic E-state index is 13.5. The van der Waals surface area contributed by atoms with Crippen LogP contribution in [0.15, 0.2) is 30.3 Å². The van der Waals surface area contributed by atoms with Crippen LogP contribution in [0, 0.1) is 22.7 Å². The number of piperidine rings is 1. The Kier molecular flexibility index (Phi) is 4.38. The van der Waals surface area contributed by atoms with Gasteiger partial charge in [-0.2, -0.15) is 0 Å². The first-order valence-electron chi connectivity index (χ1n) is 10.6. The van der Waals surface area contributed by atoms with Crippen molar-refractivity contribution in [1.29, 1.82) is 0 Å². The number of aromatic nitrogens is 1. The Morgan fingerprint density at radius 3 is 2.41 bits per heavy atom. The number of benzene rings is 1. The zero-order chi connectivity index (χ0) is 21.3. The van der Waals surface area contributed by atoms with Crippen molar-refractivity contribution >= 4 is 22.7 Å². The number of carbonyl (C=O) groups is 2. The first-order valence-corrected chi connectivity index (χ1v) is 10.6. The Morgan fingerprint density at radius 1 is 1.21 bits per heavy atom. The molecular weight excluding hydrogens is 362 g/mol. The minimum absolute atomic E-state index is 0.0418. The average molecular weight is 396 g/mol. The Labute approximate surface area is 173 Å². The van der Waals surface area contributed by atoms with E-state index in [2.05, 4.69) is 26.1 Å². The molecule has 4 rings (SSSR count). The fourth-order valence-electron chi connectivity index (χ4n) is 5.48. The van der Waals surface area contributed by atoms with Crippen molar-refractivity contribution in [3.05, 3.63) is 36.0 Å². The first kappa shape index (κ1) is 20.0. The standard InChI is InChI=1S/C24H33N3O2/c1-14-19-16(24(19,5)6)13-27(14)22(29)20(23(2,3)4)25-21(28)18-12-15-10-8-9-11-17(15)26(18)7/h8-12,14,16,19-20H,13H2,1-7H3,(H,25,28)/t14-,16+,19-,20-/m1/s1. The number of aryl methyl sites for hydroxylation is 1. The summed E-state index contributed by atoms with van der Waals surface area (Å²) in [6.07, 6.45) is 0. The SMILES string of the molecule is C[C@@H]1[C@@H]2[C@H](CN1C(=O)[C@@H](NC(=O)c1cc3ccccc3n1C)C(C)(C)C)C2(C)C. The average Bonchev–Trinajstić information content (AvgIpc) is 2.93. The quantitative estimate of drug-likeness (QED) is 0.859. The second kappa shape index (κ2) is 6.35. The molecule has 5 heteroatoms. The number of likely N-dealkylation sites (tertiary alicyclic amines) is 1. The monoisotopic (exact) mass is 395 g/mol. The van der Waals surface area contributed by atoms with Crippen molar-refractivity contribution in [2.45, 2.75) is 53.6 Å². The Balaban J connectivity index is 1.57.